The third-order valence-electron chi connectivity index (χ3n) is 7.84. The first-order valence-electron chi connectivity index (χ1n) is 19.9. The largest absolute Gasteiger partial charge is 0.472 e. The van der Waals surface area contributed by atoms with Crippen molar-refractivity contribution < 1.29 is 47.8 Å². The van der Waals surface area contributed by atoms with Crippen LogP contribution in [0.2, 0.25) is 0 Å². The number of aliphatic hydroxyl groups is 2. The number of phosphoric ester groups is 1. The van der Waals surface area contributed by atoms with E-state index in [9.17, 15) is 24.2 Å². The Balaban J connectivity index is 4.49. The fourth-order valence-electron chi connectivity index (χ4n) is 4.79. The van der Waals surface area contributed by atoms with E-state index < -0.39 is 51.8 Å². The standard InChI is InChI=1S/C42H71O10P/c1-3-5-7-9-11-13-15-17-18-19-20-22-24-26-28-30-32-34-42(46)52-40(38-51-53(47,48)50-36-39(44)35-43)37-49-41(45)33-31-29-27-25-23-21-16-14-12-10-8-6-4-2/h5,7,11,13-14,16-18,20,22,26,28,39-40,43-44H,3-4,6,8-10,12,15,19,21,23-25,27,29-38H2,1-2H3,(H,47,48)/b7-5-,13-11-,16-14-,18-17-,22-20-,28-26-. The second-order valence-corrected chi connectivity index (χ2v) is 14.4. The number of allylic oxidation sites excluding steroid dienone is 12. The van der Waals surface area contributed by atoms with Gasteiger partial charge in [0.2, 0.25) is 0 Å². The second-order valence-electron chi connectivity index (χ2n) is 12.9. The Morgan fingerprint density at radius 1 is 0.585 bits per heavy atom. The molecule has 0 fully saturated rings. The molecule has 0 bridgehead atoms. The van der Waals surface area contributed by atoms with E-state index in [1.807, 2.05) is 12.2 Å². The molecule has 0 spiro atoms. The van der Waals surface area contributed by atoms with E-state index in [2.05, 4.69) is 79.1 Å². The molecular weight excluding hydrogens is 695 g/mol. The highest BCUT2D eigenvalue weighted by Gasteiger charge is 2.27. The highest BCUT2D eigenvalue weighted by Crippen LogP contribution is 2.43. The number of phosphoric acid groups is 1. The zero-order valence-electron chi connectivity index (χ0n) is 32.7. The lowest BCUT2D eigenvalue weighted by Gasteiger charge is -2.20. The maximum absolute atomic E-state index is 12.6. The maximum Gasteiger partial charge on any atom is 0.472 e. The molecule has 0 saturated heterocycles. The molecule has 10 nitrogen and oxygen atoms in total. The Morgan fingerprint density at radius 3 is 1.64 bits per heavy atom. The molecule has 11 heteroatoms. The number of ether oxygens (including phenoxy) is 2. The summed E-state index contributed by atoms with van der Waals surface area (Å²) in [6.45, 7) is 2.15. The van der Waals surface area contributed by atoms with Gasteiger partial charge in [-0.15, -0.1) is 0 Å². The minimum absolute atomic E-state index is 0.101. The van der Waals surface area contributed by atoms with E-state index in [-0.39, 0.29) is 19.4 Å². The Morgan fingerprint density at radius 2 is 1.06 bits per heavy atom. The monoisotopic (exact) mass is 766 g/mol. The van der Waals surface area contributed by atoms with Crippen LogP contribution in [0.4, 0.5) is 0 Å². The quantitative estimate of drug-likeness (QED) is 0.0243. The molecule has 0 amide bonds. The number of unbranched alkanes of at least 4 members (excludes halogenated alkanes) is 10. The van der Waals surface area contributed by atoms with Crippen LogP contribution in [0, 0.1) is 0 Å². The summed E-state index contributed by atoms with van der Waals surface area (Å²) in [7, 11) is -4.63. The highest BCUT2D eigenvalue weighted by molar-refractivity contribution is 7.47. The summed E-state index contributed by atoms with van der Waals surface area (Å²) in [5.74, 6) is -1.01. The molecular formula is C42H71O10P. The van der Waals surface area contributed by atoms with E-state index >= 15 is 0 Å². The Bertz CT molecular complexity index is 1110. The number of carbonyl (C=O) groups is 2. The summed E-state index contributed by atoms with van der Waals surface area (Å²) < 4.78 is 32.5. The van der Waals surface area contributed by atoms with Crippen molar-refractivity contribution in [2.45, 2.75) is 154 Å². The van der Waals surface area contributed by atoms with E-state index in [0.717, 1.165) is 70.6 Å². The van der Waals surface area contributed by atoms with Crippen molar-refractivity contribution >= 4 is 19.8 Å². The first-order chi connectivity index (χ1) is 25.7. The van der Waals surface area contributed by atoms with Gasteiger partial charge in [0.1, 0.15) is 12.7 Å². The Hall–Kier alpha value is -2.59. The van der Waals surface area contributed by atoms with Gasteiger partial charge in [0.25, 0.3) is 0 Å². The fraction of sp³-hybridized carbons (Fsp3) is 0.667. The topological polar surface area (TPSA) is 149 Å². The van der Waals surface area contributed by atoms with Crippen LogP contribution in [-0.2, 0) is 32.7 Å². The molecule has 3 atom stereocenters. The predicted octanol–water partition coefficient (Wildman–Crippen LogP) is 10.1. The number of rotatable bonds is 36. The van der Waals surface area contributed by atoms with Crippen LogP contribution in [0.25, 0.3) is 0 Å². The van der Waals surface area contributed by atoms with Crippen LogP contribution < -0.4 is 0 Å². The van der Waals surface area contributed by atoms with Crippen LogP contribution >= 0.6 is 7.82 Å². The Kier molecular flexibility index (Phi) is 35.9. The van der Waals surface area contributed by atoms with Crippen LogP contribution in [0.5, 0.6) is 0 Å². The summed E-state index contributed by atoms with van der Waals surface area (Å²) >= 11 is 0. The fourth-order valence-corrected chi connectivity index (χ4v) is 5.58. The number of carbonyl (C=O) groups excluding carboxylic acids is 2. The number of hydrogen-bond donors (Lipinski definition) is 3. The van der Waals surface area contributed by atoms with Crippen molar-refractivity contribution in [3.8, 4) is 0 Å². The second kappa shape index (κ2) is 37.7. The van der Waals surface area contributed by atoms with E-state index in [0.29, 0.717) is 19.3 Å². The van der Waals surface area contributed by atoms with Gasteiger partial charge in [0, 0.05) is 12.8 Å². The minimum Gasteiger partial charge on any atom is -0.462 e. The van der Waals surface area contributed by atoms with Crippen LogP contribution in [0.15, 0.2) is 72.9 Å². The van der Waals surface area contributed by atoms with Crippen molar-refractivity contribution in [3.05, 3.63) is 72.9 Å². The zero-order chi connectivity index (χ0) is 39.1. The first-order valence-corrected chi connectivity index (χ1v) is 21.4. The lowest BCUT2D eigenvalue weighted by atomic mass is 10.1. The molecule has 0 aliphatic carbocycles. The summed E-state index contributed by atoms with van der Waals surface area (Å²) in [4.78, 5) is 34.8. The average Bonchev–Trinajstić information content (AvgIpc) is 3.14. The molecule has 3 N–H and O–H groups in total. The SMILES string of the molecule is CC/C=C\C/C=C\C/C=C\C/C=C\C/C=C\CCCC(=O)OC(COC(=O)CCCCCCC/C=C\CCCCCC)COP(=O)(O)OCC(O)CO. The van der Waals surface area contributed by atoms with Crippen LogP contribution in [-0.4, -0.2) is 65.7 Å². The summed E-state index contributed by atoms with van der Waals surface area (Å²) in [6, 6.07) is 0. The third-order valence-corrected chi connectivity index (χ3v) is 8.80. The molecule has 0 aromatic carbocycles. The molecule has 53 heavy (non-hydrogen) atoms. The molecule has 304 valence electrons. The number of esters is 2. The third kappa shape index (κ3) is 37.5. The molecule has 0 aliphatic rings. The van der Waals surface area contributed by atoms with Crippen molar-refractivity contribution in [1.82, 2.24) is 0 Å². The molecule has 0 aromatic rings. The molecule has 0 heterocycles. The molecule has 3 unspecified atom stereocenters. The minimum atomic E-state index is -4.63. The predicted molar refractivity (Wildman–Crippen MR) is 214 cm³/mol. The van der Waals surface area contributed by atoms with Gasteiger partial charge >= 0.3 is 19.8 Å². The molecule has 0 aliphatic heterocycles. The average molecular weight is 767 g/mol. The van der Waals surface area contributed by atoms with Crippen LogP contribution in [0.3, 0.4) is 0 Å². The van der Waals surface area contributed by atoms with Crippen LogP contribution in [0.1, 0.15) is 142 Å². The number of hydrogen-bond acceptors (Lipinski definition) is 9. The summed E-state index contributed by atoms with van der Waals surface area (Å²) in [6.07, 6.45) is 41.6. The first kappa shape index (κ1) is 50.4. The van der Waals surface area contributed by atoms with Gasteiger partial charge in [-0.3, -0.25) is 18.6 Å². The van der Waals surface area contributed by atoms with E-state index in [1.54, 1.807) is 0 Å². The van der Waals surface area contributed by atoms with Gasteiger partial charge in [-0.25, -0.2) is 4.57 Å². The summed E-state index contributed by atoms with van der Waals surface area (Å²) in [5.41, 5.74) is 0. The van der Waals surface area contributed by atoms with Crippen molar-refractivity contribution in [2.75, 3.05) is 26.4 Å². The zero-order valence-corrected chi connectivity index (χ0v) is 33.6. The van der Waals surface area contributed by atoms with Gasteiger partial charge in [-0.05, 0) is 77.0 Å². The number of aliphatic hydroxyl groups excluding tert-OH is 2. The Labute approximate surface area is 320 Å². The van der Waals surface area contributed by atoms with E-state index in [4.69, 9.17) is 19.1 Å². The highest BCUT2D eigenvalue weighted by atomic mass is 31.2. The lowest BCUT2D eigenvalue weighted by Crippen LogP contribution is -2.29. The van der Waals surface area contributed by atoms with Crippen molar-refractivity contribution in [1.29, 1.82) is 0 Å². The smallest absolute Gasteiger partial charge is 0.462 e. The molecule has 0 radical (unpaired) electrons. The van der Waals surface area contributed by atoms with Crippen molar-refractivity contribution in [2.24, 2.45) is 0 Å². The van der Waals surface area contributed by atoms with Gasteiger partial charge in [-0.1, -0.05) is 125 Å². The van der Waals surface area contributed by atoms with Gasteiger partial charge < -0.3 is 24.6 Å². The molecule has 0 aromatic heterocycles. The van der Waals surface area contributed by atoms with Gasteiger partial charge in [0.05, 0.1) is 19.8 Å². The normalized spacial score (nSPS) is 14.7. The maximum atomic E-state index is 12.6. The molecule has 0 saturated carbocycles. The molecule has 0 rings (SSSR count). The van der Waals surface area contributed by atoms with Gasteiger partial charge in [-0.2, -0.15) is 0 Å². The van der Waals surface area contributed by atoms with Crippen molar-refractivity contribution in [3.63, 3.8) is 0 Å². The van der Waals surface area contributed by atoms with E-state index in [1.165, 1.54) is 25.7 Å². The summed E-state index contributed by atoms with van der Waals surface area (Å²) in [5, 5.41) is 18.3. The van der Waals surface area contributed by atoms with Gasteiger partial charge in [0.15, 0.2) is 6.10 Å². The lowest BCUT2D eigenvalue weighted by molar-refractivity contribution is -0.161.